The molecule has 1 N–H and O–H groups in total. The zero-order valence-electron chi connectivity index (χ0n) is 16.0. The summed E-state index contributed by atoms with van der Waals surface area (Å²) in [7, 11) is 0. The highest BCUT2D eigenvalue weighted by molar-refractivity contribution is 8.00. The molecule has 0 fully saturated rings. The van der Waals surface area contributed by atoms with Crippen LogP contribution in [-0.4, -0.2) is 21.7 Å². The Labute approximate surface area is 166 Å². The second-order valence-corrected chi connectivity index (χ2v) is 8.82. The molecule has 7 heteroatoms. The first-order valence-corrected chi connectivity index (χ1v) is 10.5. The minimum absolute atomic E-state index is 0.190. The van der Waals surface area contributed by atoms with Crippen LogP contribution in [0.5, 0.6) is 0 Å². The molecule has 0 unspecified atom stereocenters. The molecular weight excluding hydrogens is 380 g/mol. The molecule has 2 aromatic heterocycles. The summed E-state index contributed by atoms with van der Waals surface area (Å²) >= 11 is 2.93. The molecule has 0 aliphatic rings. The van der Waals surface area contributed by atoms with E-state index in [0.29, 0.717) is 16.0 Å². The van der Waals surface area contributed by atoms with Crippen molar-refractivity contribution in [2.24, 2.45) is 0 Å². The van der Waals surface area contributed by atoms with Crippen molar-refractivity contribution in [3.63, 3.8) is 0 Å². The number of esters is 1. The molecule has 0 aliphatic heterocycles. The van der Waals surface area contributed by atoms with Crippen LogP contribution in [0.3, 0.4) is 0 Å². The monoisotopic (exact) mass is 402 g/mol. The molecule has 0 spiro atoms. The van der Waals surface area contributed by atoms with Gasteiger partial charge in [-0.25, -0.2) is 4.98 Å². The third-order valence-corrected chi connectivity index (χ3v) is 6.67. The van der Waals surface area contributed by atoms with E-state index in [4.69, 9.17) is 4.74 Å². The second-order valence-electron chi connectivity index (χ2n) is 6.60. The highest BCUT2D eigenvalue weighted by Gasteiger charge is 2.18. The van der Waals surface area contributed by atoms with Gasteiger partial charge in [0.25, 0.3) is 5.56 Å². The summed E-state index contributed by atoms with van der Waals surface area (Å²) in [4.78, 5) is 34.7. The minimum atomic E-state index is -0.614. The summed E-state index contributed by atoms with van der Waals surface area (Å²) in [5.74, 6) is 0.242. The fourth-order valence-corrected chi connectivity index (χ4v) is 4.69. The molecule has 0 saturated heterocycles. The number of thiophene rings is 1. The number of nitrogens with one attached hydrogen (secondary N) is 1. The number of carbonyl (C=O) groups is 1. The fourth-order valence-electron chi connectivity index (χ4n) is 2.75. The van der Waals surface area contributed by atoms with E-state index in [9.17, 15) is 9.59 Å². The lowest BCUT2D eigenvalue weighted by atomic mass is 10.2. The van der Waals surface area contributed by atoms with E-state index in [1.54, 1.807) is 6.92 Å². The predicted octanol–water partition coefficient (Wildman–Crippen LogP) is 4.61. The number of aromatic amines is 1. The fraction of sp³-hybridized carbons (Fsp3) is 0.350. The average Bonchev–Trinajstić information content (AvgIpc) is 2.90. The summed E-state index contributed by atoms with van der Waals surface area (Å²) in [6.45, 7) is 9.64. The van der Waals surface area contributed by atoms with Crippen LogP contribution in [0, 0.1) is 27.7 Å². The molecular formula is C20H22N2O3S2. The lowest BCUT2D eigenvalue weighted by Gasteiger charge is -2.13. The number of thioether (sulfide) groups is 1. The maximum Gasteiger partial charge on any atom is 0.316 e. The molecule has 27 heavy (non-hydrogen) atoms. The van der Waals surface area contributed by atoms with Gasteiger partial charge in [-0.3, -0.25) is 9.59 Å². The van der Waals surface area contributed by atoms with Crippen molar-refractivity contribution in [2.45, 2.75) is 45.6 Å². The number of hydrogen-bond acceptors (Lipinski definition) is 6. The molecule has 0 amide bonds. The largest absolute Gasteiger partial charge is 0.454 e. The van der Waals surface area contributed by atoms with E-state index < -0.39 is 6.10 Å². The molecule has 0 saturated carbocycles. The Kier molecular flexibility index (Phi) is 5.72. The Balaban J connectivity index is 1.70. The third-order valence-electron chi connectivity index (χ3n) is 4.44. The Hall–Kier alpha value is -2.12. The van der Waals surface area contributed by atoms with Crippen LogP contribution < -0.4 is 5.56 Å². The van der Waals surface area contributed by atoms with Crippen molar-refractivity contribution in [3.05, 3.63) is 55.9 Å². The Morgan fingerprint density at radius 2 is 2.04 bits per heavy atom. The summed E-state index contributed by atoms with van der Waals surface area (Å²) < 4.78 is 5.48. The molecule has 3 aromatic rings. The van der Waals surface area contributed by atoms with Gasteiger partial charge >= 0.3 is 5.97 Å². The van der Waals surface area contributed by atoms with Gasteiger partial charge in [-0.1, -0.05) is 17.7 Å². The molecule has 1 aromatic carbocycles. The first-order chi connectivity index (χ1) is 12.8. The van der Waals surface area contributed by atoms with Crippen molar-refractivity contribution in [1.29, 1.82) is 0 Å². The van der Waals surface area contributed by atoms with Crippen molar-refractivity contribution in [3.8, 4) is 0 Å². The van der Waals surface area contributed by atoms with Crippen LogP contribution in [0.4, 0.5) is 0 Å². The highest BCUT2D eigenvalue weighted by atomic mass is 32.2. The summed E-state index contributed by atoms with van der Waals surface area (Å²) in [5.41, 5.74) is 3.04. The average molecular weight is 403 g/mol. The van der Waals surface area contributed by atoms with Crippen LogP contribution in [0.1, 0.15) is 40.4 Å². The molecule has 142 valence electrons. The van der Waals surface area contributed by atoms with Crippen LogP contribution >= 0.6 is 23.1 Å². The standard InChI is InChI=1S/C20H22N2O3S2/c1-10-6-7-11(2)15(8-10)26-9-16(23)25-13(4)18-21-19(24)17-12(3)14(5)27-20(17)22-18/h6-8,13H,9H2,1-5H3,(H,21,22,24)/t13-/m1/s1. The van der Waals surface area contributed by atoms with E-state index in [2.05, 4.69) is 16.0 Å². The first-order valence-electron chi connectivity index (χ1n) is 8.65. The van der Waals surface area contributed by atoms with Crippen LogP contribution in [0.25, 0.3) is 10.2 Å². The van der Waals surface area contributed by atoms with E-state index >= 15 is 0 Å². The van der Waals surface area contributed by atoms with Gasteiger partial charge in [0.05, 0.1) is 11.1 Å². The number of nitrogens with zero attached hydrogens (tertiary/aromatic N) is 1. The number of aryl methyl sites for hydroxylation is 4. The minimum Gasteiger partial charge on any atom is -0.454 e. The van der Waals surface area contributed by atoms with Crippen LogP contribution in [-0.2, 0) is 9.53 Å². The number of carbonyl (C=O) groups excluding carboxylic acids is 1. The maximum absolute atomic E-state index is 12.4. The van der Waals surface area contributed by atoms with Gasteiger partial charge in [-0.2, -0.15) is 0 Å². The first kappa shape index (κ1) is 19.6. The summed E-state index contributed by atoms with van der Waals surface area (Å²) in [6.07, 6.45) is -0.614. The number of H-pyrrole nitrogens is 1. The lowest BCUT2D eigenvalue weighted by molar-refractivity contribution is -0.145. The highest BCUT2D eigenvalue weighted by Crippen LogP contribution is 2.27. The molecule has 0 radical (unpaired) electrons. The van der Waals surface area contributed by atoms with Gasteiger partial charge in [0, 0.05) is 9.77 Å². The second kappa shape index (κ2) is 7.86. The topological polar surface area (TPSA) is 72.0 Å². The quantitative estimate of drug-likeness (QED) is 0.498. The number of benzene rings is 1. The molecule has 1 atom stereocenters. The number of hydrogen-bond donors (Lipinski definition) is 1. The molecule has 0 aliphatic carbocycles. The van der Waals surface area contributed by atoms with E-state index in [-0.39, 0.29) is 17.3 Å². The van der Waals surface area contributed by atoms with Crippen LogP contribution in [0.2, 0.25) is 0 Å². The van der Waals surface area contributed by atoms with Gasteiger partial charge in [-0.05, 0) is 51.8 Å². The molecule has 3 rings (SSSR count). The smallest absolute Gasteiger partial charge is 0.316 e. The Bertz CT molecular complexity index is 1070. The molecule has 2 heterocycles. The lowest BCUT2D eigenvalue weighted by Crippen LogP contribution is -2.18. The number of fused-ring (bicyclic) bond motifs is 1. The van der Waals surface area contributed by atoms with Crippen LogP contribution in [0.15, 0.2) is 27.9 Å². The van der Waals surface area contributed by atoms with Gasteiger partial charge in [0.1, 0.15) is 4.83 Å². The van der Waals surface area contributed by atoms with E-state index in [1.165, 1.54) is 23.1 Å². The number of aromatic nitrogens is 2. The summed E-state index contributed by atoms with van der Waals surface area (Å²) in [6, 6.07) is 6.15. The van der Waals surface area contributed by atoms with Gasteiger partial charge in [0.2, 0.25) is 0 Å². The molecule has 0 bridgehead atoms. The zero-order chi connectivity index (χ0) is 19.7. The van der Waals surface area contributed by atoms with Gasteiger partial charge in [-0.15, -0.1) is 23.1 Å². The zero-order valence-corrected chi connectivity index (χ0v) is 17.6. The normalized spacial score (nSPS) is 12.3. The SMILES string of the molecule is Cc1ccc(C)c(SCC(=O)O[C@H](C)c2nc3sc(C)c(C)c3c(=O)[nH]2)c1. The van der Waals surface area contributed by atoms with Crippen molar-refractivity contribution in [2.75, 3.05) is 5.75 Å². The van der Waals surface area contributed by atoms with Gasteiger partial charge < -0.3 is 9.72 Å². The number of ether oxygens (including phenoxy) is 1. The maximum atomic E-state index is 12.4. The third kappa shape index (κ3) is 4.25. The summed E-state index contributed by atoms with van der Waals surface area (Å²) in [5, 5.41) is 0.616. The molecule has 5 nitrogen and oxygen atoms in total. The Morgan fingerprint density at radius 1 is 1.30 bits per heavy atom. The van der Waals surface area contributed by atoms with E-state index in [1.807, 2.05) is 39.8 Å². The Morgan fingerprint density at radius 3 is 2.78 bits per heavy atom. The van der Waals surface area contributed by atoms with Crippen molar-refractivity contribution in [1.82, 2.24) is 9.97 Å². The van der Waals surface area contributed by atoms with E-state index in [0.717, 1.165) is 26.5 Å². The van der Waals surface area contributed by atoms with Crippen molar-refractivity contribution >= 4 is 39.3 Å². The van der Waals surface area contributed by atoms with Crippen molar-refractivity contribution < 1.29 is 9.53 Å². The predicted molar refractivity (Wildman–Crippen MR) is 111 cm³/mol. The number of rotatable bonds is 5. The van der Waals surface area contributed by atoms with Gasteiger partial charge in [0.15, 0.2) is 11.9 Å².